The number of piperazine rings is 1. The third-order valence-corrected chi connectivity index (χ3v) is 11.9. The highest BCUT2D eigenvalue weighted by Gasteiger charge is 2.41. The molecule has 1 atom stereocenters. The summed E-state index contributed by atoms with van der Waals surface area (Å²) in [5.74, 6) is 3.05. The van der Waals surface area contributed by atoms with Gasteiger partial charge in [0.05, 0.1) is 18.5 Å². The molecule has 1 aromatic carbocycles. The molecule has 0 bridgehead atoms. The first-order chi connectivity index (χ1) is 23.5. The number of nitrogens with zero attached hydrogens (tertiary/aromatic N) is 6. The van der Waals surface area contributed by atoms with Crippen LogP contribution in [0.25, 0.3) is 0 Å². The van der Waals surface area contributed by atoms with Crippen molar-refractivity contribution in [3.05, 3.63) is 29.5 Å². The number of ether oxygens (including phenoxy) is 1. The highest BCUT2D eigenvalue weighted by atomic mass is 16.5. The first-order valence-electron chi connectivity index (χ1n) is 18.7. The zero-order chi connectivity index (χ0) is 32.8. The maximum atomic E-state index is 13.6. The molecule has 3 aliphatic heterocycles. The summed E-state index contributed by atoms with van der Waals surface area (Å²) in [6.45, 7) is 8.71. The summed E-state index contributed by atoms with van der Waals surface area (Å²) in [5.41, 5.74) is 3.15. The molecule has 48 heavy (non-hydrogen) atoms. The molecule has 2 amide bonds. The normalized spacial score (nSPS) is 26.7. The van der Waals surface area contributed by atoms with Crippen LogP contribution in [0.1, 0.15) is 93.5 Å². The number of carbonyl (C=O) groups is 2. The summed E-state index contributed by atoms with van der Waals surface area (Å²) in [5, 5.41) is 6.78. The van der Waals surface area contributed by atoms with Gasteiger partial charge in [0.2, 0.25) is 11.9 Å². The number of rotatable bonds is 9. The first kappa shape index (κ1) is 31.8. The number of aromatic nitrogens is 2. The van der Waals surface area contributed by atoms with Crippen LogP contribution in [0.4, 0.5) is 23.1 Å². The molecule has 0 radical (unpaired) electrons. The molecule has 2 N–H and O–H groups in total. The lowest BCUT2D eigenvalue weighted by atomic mass is 9.89. The number of hydrogen-bond donors (Lipinski definition) is 2. The average Bonchev–Trinajstić information content (AvgIpc) is 3.51. The molecule has 258 valence electrons. The van der Waals surface area contributed by atoms with E-state index in [1.54, 1.807) is 11.1 Å². The monoisotopic (exact) mass is 656 g/mol. The number of anilines is 4. The summed E-state index contributed by atoms with van der Waals surface area (Å²) in [6, 6.07) is 4.78. The number of amides is 2. The average molecular weight is 657 g/mol. The van der Waals surface area contributed by atoms with Gasteiger partial charge in [-0.25, -0.2) is 4.98 Å². The van der Waals surface area contributed by atoms with E-state index in [2.05, 4.69) is 37.2 Å². The van der Waals surface area contributed by atoms with Crippen LogP contribution in [0, 0.1) is 5.92 Å². The van der Waals surface area contributed by atoms with Crippen LogP contribution in [-0.2, 0) is 11.2 Å². The van der Waals surface area contributed by atoms with Gasteiger partial charge in [0.15, 0.2) is 5.82 Å². The molecular formula is C37H52N8O3. The smallest absolute Gasteiger partial charge is 0.251 e. The van der Waals surface area contributed by atoms with Gasteiger partial charge in [-0.15, -0.1) is 0 Å². The maximum Gasteiger partial charge on any atom is 0.251 e. The Labute approximate surface area is 284 Å². The number of benzene rings is 1. The van der Waals surface area contributed by atoms with Gasteiger partial charge >= 0.3 is 0 Å². The van der Waals surface area contributed by atoms with Crippen molar-refractivity contribution in [3.63, 3.8) is 0 Å². The largest absolute Gasteiger partial charge is 0.491 e. The molecule has 11 nitrogen and oxygen atoms in total. The van der Waals surface area contributed by atoms with Crippen LogP contribution in [0.2, 0.25) is 0 Å². The Balaban J connectivity index is 0.923. The minimum atomic E-state index is -0.221. The minimum absolute atomic E-state index is 0.00371. The fraction of sp³-hybridized carbons (Fsp3) is 0.676. The lowest BCUT2D eigenvalue weighted by molar-refractivity contribution is -0.120. The Morgan fingerprint density at radius 3 is 2.48 bits per heavy atom. The van der Waals surface area contributed by atoms with Gasteiger partial charge in [0.1, 0.15) is 17.5 Å². The van der Waals surface area contributed by atoms with Gasteiger partial charge in [0, 0.05) is 75.4 Å². The minimum Gasteiger partial charge on any atom is -0.491 e. The standard InChI is InChI=1S/C37H52N8O3/c1-3-31-36(47)42(2)32-22-38-37(41-34(32)45(31)27-6-4-5-7-27)40-30-15-14-29(28-16-21-48-33(28)30)35(46)39-25-10-12-26(13-11-25)44-19-17-43(18-20-44)23-24-8-9-24/h14-15,22,24-27,31H,3-13,16-21,23H2,1-2H3,(H,39,46)(H,38,40,41)/t25?,26?,31-/m1/s1. The highest BCUT2D eigenvalue weighted by molar-refractivity contribution is 6.04. The van der Waals surface area contributed by atoms with Crippen molar-refractivity contribution in [1.82, 2.24) is 25.1 Å². The van der Waals surface area contributed by atoms with Crippen molar-refractivity contribution < 1.29 is 14.3 Å². The van der Waals surface area contributed by atoms with Crippen LogP contribution < -0.4 is 25.2 Å². The highest BCUT2D eigenvalue weighted by Crippen LogP contribution is 2.42. The predicted octanol–water partition coefficient (Wildman–Crippen LogP) is 4.73. The van der Waals surface area contributed by atoms with Gasteiger partial charge in [0.25, 0.3) is 5.91 Å². The third-order valence-electron chi connectivity index (χ3n) is 11.9. The van der Waals surface area contributed by atoms with Gasteiger partial charge in [-0.05, 0) is 75.8 Å². The Morgan fingerprint density at radius 1 is 0.979 bits per heavy atom. The zero-order valence-corrected chi connectivity index (χ0v) is 28.8. The van der Waals surface area contributed by atoms with E-state index in [-0.39, 0.29) is 23.9 Å². The Kier molecular flexibility index (Phi) is 8.92. The molecule has 3 saturated carbocycles. The summed E-state index contributed by atoms with van der Waals surface area (Å²) in [7, 11) is 1.82. The van der Waals surface area contributed by atoms with Crippen LogP contribution in [0.5, 0.6) is 5.75 Å². The van der Waals surface area contributed by atoms with Crippen LogP contribution in [0.15, 0.2) is 18.3 Å². The molecule has 11 heteroatoms. The quantitative estimate of drug-likeness (QED) is 0.397. The fourth-order valence-electron chi connectivity index (χ4n) is 9.00. The summed E-state index contributed by atoms with van der Waals surface area (Å²) in [4.78, 5) is 45.9. The van der Waals surface area contributed by atoms with Gasteiger partial charge in [-0.2, -0.15) is 4.98 Å². The van der Waals surface area contributed by atoms with Gasteiger partial charge in [-0.1, -0.05) is 19.8 Å². The summed E-state index contributed by atoms with van der Waals surface area (Å²) >= 11 is 0. The van der Waals surface area contributed by atoms with E-state index < -0.39 is 0 Å². The number of hydrogen-bond acceptors (Lipinski definition) is 9. The number of fused-ring (bicyclic) bond motifs is 2. The second kappa shape index (κ2) is 13.5. The van der Waals surface area contributed by atoms with E-state index >= 15 is 0 Å². The zero-order valence-electron chi connectivity index (χ0n) is 28.8. The second-order valence-corrected chi connectivity index (χ2v) is 15.0. The van der Waals surface area contributed by atoms with Crippen molar-refractivity contribution in [2.75, 3.05) is 61.5 Å². The topological polar surface area (TPSA) is 106 Å². The molecule has 1 saturated heterocycles. The van der Waals surface area contributed by atoms with E-state index in [1.165, 1.54) is 58.4 Å². The fourth-order valence-corrected chi connectivity index (χ4v) is 9.00. The summed E-state index contributed by atoms with van der Waals surface area (Å²) in [6.07, 6.45) is 14.9. The number of nitrogens with one attached hydrogen (secondary N) is 2. The molecule has 4 heterocycles. The molecule has 0 spiro atoms. The lowest BCUT2D eigenvalue weighted by Crippen LogP contribution is -2.55. The van der Waals surface area contributed by atoms with Crippen molar-refractivity contribution >= 4 is 35.0 Å². The maximum absolute atomic E-state index is 13.6. The molecule has 1 aromatic heterocycles. The van der Waals surface area contributed by atoms with E-state index in [0.29, 0.717) is 42.4 Å². The molecule has 3 aliphatic carbocycles. The molecule has 8 rings (SSSR count). The van der Waals surface area contributed by atoms with E-state index in [9.17, 15) is 9.59 Å². The second-order valence-electron chi connectivity index (χ2n) is 15.0. The van der Waals surface area contributed by atoms with Gasteiger partial charge in [-0.3, -0.25) is 14.5 Å². The molecule has 2 aromatic rings. The van der Waals surface area contributed by atoms with Crippen molar-refractivity contribution in [2.24, 2.45) is 5.92 Å². The van der Waals surface area contributed by atoms with Crippen LogP contribution in [0.3, 0.4) is 0 Å². The van der Waals surface area contributed by atoms with Crippen LogP contribution in [-0.4, -0.2) is 102 Å². The summed E-state index contributed by atoms with van der Waals surface area (Å²) < 4.78 is 6.11. The van der Waals surface area contributed by atoms with Crippen molar-refractivity contribution in [3.8, 4) is 5.75 Å². The van der Waals surface area contributed by atoms with E-state index in [1.807, 2.05) is 19.2 Å². The third kappa shape index (κ3) is 6.24. The predicted molar refractivity (Wildman–Crippen MR) is 187 cm³/mol. The molecule has 4 fully saturated rings. The van der Waals surface area contributed by atoms with Gasteiger partial charge < -0.3 is 30.1 Å². The Morgan fingerprint density at radius 2 is 1.75 bits per heavy atom. The molecular weight excluding hydrogens is 604 g/mol. The van der Waals surface area contributed by atoms with E-state index in [4.69, 9.17) is 9.72 Å². The number of carbonyl (C=O) groups excluding carboxylic acids is 2. The SMILES string of the molecule is CC[C@@H]1C(=O)N(C)c2cnc(Nc3ccc(C(=O)NC4CCC(N5CCN(CC6CC6)CC5)CC4)c4c3OCC4)nc2N1C1CCCC1. The van der Waals surface area contributed by atoms with E-state index in [0.717, 1.165) is 73.6 Å². The van der Waals surface area contributed by atoms with Crippen molar-refractivity contribution in [2.45, 2.75) is 108 Å². The van der Waals surface area contributed by atoms with Crippen LogP contribution >= 0.6 is 0 Å². The Hall–Kier alpha value is -3.44. The lowest BCUT2D eigenvalue weighted by Gasteiger charge is -2.43. The number of likely N-dealkylation sites (N-methyl/N-ethyl adjacent to an activating group) is 1. The van der Waals surface area contributed by atoms with Crippen molar-refractivity contribution in [1.29, 1.82) is 0 Å². The molecule has 0 unspecified atom stereocenters. The molecule has 6 aliphatic rings. The first-order valence-corrected chi connectivity index (χ1v) is 18.7. The Bertz CT molecular complexity index is 1510.